The zero-order chi connectivity index (χ0) is 11.4. The van der Waals surface area contributed by atoms with Gasteiger partial charge in [0, 0.05) is 18.3 Å². The second-order valence-electron chi connectivity index (χ2n) is 3.84. The van der Waals surface area contributed by atoms with E-state index in [-0.39, 0.29) is 6.04 Å². The minimum atomic E-state index is -0.0327. The van der Waals surface area contributed by atoms with Gasteiger partial charge in [0.05, 0.1) is 13.2 Å². The predicted molar refractivity (Wildman–Crippen MR) is 64.3 cm³/mol. The fourth-order valence-corrected chi connectivity index (χ4v) is 1.93. The fraction of sp³-hybridized carbons (Fsp3) is 0.500. The maximum absolute atomic E-state index is 6.00. The van der Waals surface area contributed by atoms with Crippen LogP contribution in [-0.2, 0) is 0 Å². The minimum Gasteiger partial charge on any atom is -0.490 e. The smallest absolute Gasteiger partial charge is 0.161 e. The lowest BCUT2D eigenvalue weighted by atomic mass is 10.1. The third kappa shape index (κ3) is 2.60. The molecule has 1 aromatic rings. The Hall–Kier alpha value is -0.930. The normalized spacial score (nSPS) is 16.6. The molecule has 3 nitrogen and oxygen atoms in total. The molecule has 1 aromatic carbocycles. The van der Waals surface area contributed by atoms with Gasteiger partial charge < -0.3 is 15.2 Å². The molecule has 0 fully saturated rings. The average Bonchev–Trinajstić information content (AvgIpc) is 2.53. The van der Waals surface area contributed by atoms with E-state index < -0.39 is 0 Å². The number of nitrogens with two attached hydrogens (primary N) is 1. The predicted octanol–water partition coefficient (Wildman–Crippen LogP) is 2.48. The van der Waals surface area contributed by atoms with E-state index in [1.54, 1.807) is 0 Å². The first-order chi connectivity index (χ1) is 7.81. The number of hydrogen-bond donors (Lipinski definition) is 1. The van der Waals surface area contributed by atoms with Crippen LogP contribution in [0.1, 0.15) is 24.4 Å². The number of ether oxygens (including phenoxy) is 2. The van der Waals surface area contributed by atoms with Crippen LogP contribution in [0.2, 0.25) is 0 Å². The van der Waals surface area contributed by atoms with E-state index >= 15 is 0 Å². The molecule has 2 rings (SSSR count). The molecule has 16 heavy (non-hydrogen) atoms. The van der Waals surface area contributed by atoms with Gasteiger partial charge in [-0.05, 0) is 24.1 Å². The van der Waals surface area contributed by atoms with Crippen LogP contribution >= 0.6 is 11.6 Å². The molecule has 0 amide bonds. The quantitative estimate of drug-likeness (QED) is 0.827. The van der Waals surface area contributed by atoms with Gasteiger partial charge in [-0.2, -0.15) is 0 Å². The zero-order valence-electron chi connectivity index (χ0n) is 9.12. The zero-order valence-corrected chi connectivity index (χ0v) is 9.87. The highest BCUT2D eigenvalue weighted by atomic mass is 35.5. The van der Waals surface area contributed by atoms with Crippen molar-refractivity contribution in [2.75, 3.05) is 19.1 Å². The van der Waals surface area contributed by atoms with E-state index in [0.717, 1.165) is 29.9 Å². The van der Waals surface area contributed by atoms with Gasteiger partial charge in [-0.25, -0.2) is 0 Å². The molecule has 0 aromatic heterocycles. The Kier molecular flexibility index (Phi) is 3.91. The van der Waals surface area contributed by atoms with Crippen LogP contribution in [0.25, 0.3) is 0 Å². The Labute approximate surface area is 100 Å². The molecule has 0 spiro atoms. The Bertz CT molecular complexity index is 357. The topological polar surface area (TPSA) is 44.5 Å². The van der Waals surface area contributed by atoms with Gasteiger partial charge in [-0.1, -0.05) is 6.07 Å². The summed E-state index contributed by atoms with van der Waals surface area (Å²) >= 11 is 5.68. The molecule has 1 aliphatic heterocycles. The highest BCUT2D eigenvalue weighted by molar-refractivity contribution is 6.17. The molecule has 0 saturated carbocycles. The van der Waals surface area contributed by atoms with Crippen molar-refractivity contribution in [1.82, 2.24) is 0 Å². The van der Waals surface area contributed by atoms with E-state index in [0.29, 0.717) is 19.1 Å². The minimum absolute atomic E-state index is 0.0327. The maximum atomic E-state index is 6.00. The first-order valence-corrected chi connectivity index (χ1v) is 6.06. The highest BCUT2D eigenvalue weighted by Gasteiger charge is 2.13. The number of alkyl halides is 1. The van der Waals surface area contributed by atoms with Gasteiger partial charge >= 0.3 is 0 Å². The van der Waals surface area contributed by atoms with Crippen LogP contribution in [0.3, 0.4) is 0 Å². The van der Waals surface area contributed by atoms with Crippen LogP contribution in [0.15, 0.2) is 18.2 Å². The van der Waals surface area contributed by atoms with Crippen molar-refractivity contribution in [2.24, 2.45) is 5.73 Å². The number of rotatable bonds is 3. The molecular weight excluding hydrogens is 226 g/mol. The monoisotopic (exact) mass is 241 g/mol. The van der Waals surface area contributed by atoms with Crippen molar-refractivity contribution < 1.29 is 9.47 Å². The van der Waals surface area contributed by atoms with Crippen molar-refractivity contribution in [1.29, 1.82) is 0 Å². The largest absolute Gasteiger partial charge is 0.490 e. The molecule has 1 unspecified atom stereocenters. The highest BCUT2D eigenvalue weighted by Crippen LogP contribution is 2.32. The van der Waals surface area contributed by atoms with Crippen LogP contribution < -0.4 is 15.2 Å². The Morgan fingerprint density at radius 2 is 2.00 bits per heavy atom. The molecule has 1 atom stereocenters. The van der Waals surface area contributed by atoms with Crippen molar-refractivity contribution in [3.05, 3.63) is 23.8 Å². The van der Waals surface area contributed by atoms with Gasteiger partial charge in [-0.3, -0.25) is 0 Å². The van der Waals surface area contributed by atoms with Gasteiger partial charge in [0.25, 0.3) is 0 Å². The third-order valence-electron chi connectivity index (χ3n) is 2.62. The molecule has 0 aliphatic carbocycles. The van der Waals surface area contributed by atoms with Gasteiger partial charge in [0.15, 0.2) is 11.5 Å². The van der Waals surface area contributed by atoms with Gasteiger partial charge in [0.1, 0.15) is 0 Å². The van der Waals surface area contributed by atoms with E-state index in [1.807, 2.05) is 18.2 Å². The Morgan fingerprint density at radius 3 is 2.75 bits per heavy atom. The van der Waals surface area contributed by atoms with Crippen LogP contribution in [0.5, 0.6) is 11.5 Å². The summed E-state index contributed by atoms with van der Waals surface area (Å²) in [7, 11) is 0. The molecule has 2 N–H and O–H groups in total. The van der Waals surface area contributed by atoms with Crippen LogP contribution in [0, 0.1) is 0 Å². The van der Waals surface area contributed by atoms with Gasteiger partial charge in [0.2, 0.25) is 0 Å². The lowest BCUT2D eigenvalue weighted by Gasteiger charge is -2.13. The summed E-state index contributed by atoms with van der Waals surface area (Å²) in [4.78, 5) is 0. The molecule has 4 heteroatoms. The number of fused-ring (bicyclic) bond motifs is 1. The van der Waals surface area contributed by atoms with Crippen LogP contribution in [0.4, 0.5) is 0 Å². The lowest BCUT2D eigenvalue weighted by molar-refractivity contribution is 0.297. The fourth-order valence-electron chi connectivity index (χ4n) is 1.69. The summed E-state index contributed by atoms with van der Waals surface area (Å²) in [6, 6.07) is 5.82. The van der Waals surface area contributed by atoms with E-state index in [2.05, 4.69) is 0 Å². The summed E-state index contributed by atoms with van der Waals surface area (Å²) in [5, 5.41) is 0. The summed E-state index contributed by atoms with van der Waals surface area (Å²) in [5.41, 5.74) is 7.04. The Morgan fingerprint density at radius 1 is 1.25 bits per heavy atom. The molecule has 0 bridgehead atoms. The van der Waals surface area contributed by atoms with E-state index in [9.17, 15) is 0 Å². The van der Waals surface area contributed by atoms with Crippen molar-refractivity contribution in [3.63, 3.8) is 0 Å². The summed E-state index contributed by atoms with van der Waals surface area (Å²) in [5.74, 6) is 2.16. The molecule has 0 radical (unpaired) electrons. The van der Waals surface area contributed by atoms with E-state index in [1.165, 1.54) is 0 Å². The molecule has 0 saturated heterocycles. The van der Waals surface area contributed by atoms with Gasteiger partial charge in [-0.15, -0.1) is 11.6 Å². The Balaban J connectivity index is 2.20. The number of benzene rings is 1. The second kappa shape index (κ2) is 5.41. The van der Waals surface area contributed by atoms with Crippen molar-refractivity contribution in [3.8, 4) is 11.5 Å². The average molecular weight is 242 g/mol. The standard InChI is InChI=1S/C12H16ClNO2/c13-5-4-10(14)9-2-3-11-12(8-9)16-7-1-6-15-11/h2-3,8,10H,1,4-7,14H2. The summed E-state index contributed by atoms with van der Waals surface area (Å²) in [6.45, 7) is 1.40. The molecule has 1 heterocycles. The number of hydrogen-bond acceptors (Lipinski definition) is 3. The SMILES string of the molecule is NC(CCCl)c1ccc2c(c1)OCCCO2. The third-order valence-corrected chi connectivity index (χ3v) is 2.84. The van der Waals surface area contributed by atoms with Crippen molar-refractivity contribution in [2.45, 2.75) is 18.9 Å². The first kappa shape index (κ1) is 11.6. The molecule has 88 valence electrons. The van der Waals surface area contributed by atoms with E-state index in [4.69, 9.17) is 26.8 Å². The maximum Gasteiger partial charge on any atom is 0.161 e. The molecule has 1 aliphatic rings. The second-order valence-corrected chi connectivity index (χ2v) is 4.22. The van der Waals surface area contributed by atoms with Crippen molar-refractivity contribution >= 4 is 11.6 Å². The summed E-state index contributed by atoms with van der Waals surface area (Å²) in [6.07, 6.45) is 1.68. The van der Waals surface area contributed by atoms with Crippen LogP contribution in [-0.4, -0.2) is 19.1 Å². The first-order valence-electron chi connectivity index (χ1n) is 5.52. The lowest BCUT2D eigenvalue weighted by Crippen LogP contribution is -2.10. The molecular formula is C12H16ClNO2. The summed E-state index contributed by atoms with van der Waals surface area (Å²) < 4.78 is 11.2. The number of halogens is 1.